The molecule has 3 aromatic carbocycles. The SMILES string of the molecule is O=C(O)c1ccc2c(c1)N=c1cc3c(cc1N2)=Nc1ccc(C(=O)O)cc1N3. The first kappa shape index (κ1) is 16.0. The first-order valence-electron chi connectivity index (χ1n) is 8.38. The predicted octanol–water partition coefficient (Wildman–Crippen LogP) is 3.10. The van der Waals surface area contributed by atoms with Crippen LogP contribution in [0.4, 0.5) is 34.1 Å². The van der Waals surface area contributed by atoms with Crippen molar-refractivity contribution in [1.82, 2.24) is 0 Å². The number of carboxylic acid groups (broad SMARTS) is 2. The number of carbonyl (C=O) groups is 2. The molecule has 5 rings (SSSR count). The summed E-state index contributed by atoms with van der Waals surface area (Å²) in [5.74, 6) is -2.02. The summed E-state index contributed by atoms with van der Waals surface area (Å²) >= 11 is 0. The minimum atomic E-state index is -1.01. The molecule has 2 aliphatic heterocycles. The molecule has 0 bridgehead atoms. The van der Waals surface area contributed by atoms with Gasteiger partial charge in [0.15, 0.2) is 0 Å². The van der Waals surface area contributed by atoms with Gasteiger partial charge in [0.25, 0.3) is 0 Å². The number of hydrogen-bond acceptors (Lipinski definition) is 6. The normalized spacial score (nSPS) is 12.6. The third-order valence-corrected chi connectivity index (χ3v) is 4.62. The summed E-state index contributed by atoms with van der Waals surface area (Å²) in [6, 6.07) is 13.1. The summed E-state index contributed by atoms with van der Waals surface area (Å²) in [6.07, 6.45) is 0. The lowest BCUT2D eigenvalue weighted by Gasteiger charge is -2.19. The first-order valence-corrected chi connectivity index (χ1v) is 8.38. The highest BCUT2D eigenvalue weighted by atomic mass is 16.4. The Morgan fingerprint density at radius 1 is 0.643 bits per heavy atom. The van der Waals surface area contributed by atoms with Crippen LogP contribution in [0.25, 0.3) is 0 Å². The van der Waals surface area contributed by atoms with Gasteiger partial charge in [-0.3, -0.25) is 0 Å². The molecule has 8 heteroatoms. The molecule has 0 atom stereocenters. The number of hydrogen-bond donors (Lipinski definition) is 4. The third-order valence-electron chi connectivity index (χ3n) is 4.62. The number of fused-ring (bicyclic) bond motifs is 4. The molecule has 0 unspecified atom stereocenters. The van der Waals surface area contributed by atoms with E-state index in [2.05, 4.69) is 20.6 Å². The second-order valence-corrected chi connectivity index (χ2v) is 6.43. The van der Waals surface area contributed by atoms with Gasteiger partial charge >= 0.3 is 11.9 Å². The van der Waals surface area contributed by atoms with Crippen LogP contribution >= 0.6 is 0 Å². The molecule has 0 fully saturated rings. The van der Waals surface area contributed by atoms with E-state index >= 15 is 0 Å². The Morgan fingerprint density at radius 2 is 1.21 bits per heavy atom. The highest BCUT2D eigenvalue weighted by Crippen LogP contribution is 2.34. The molecule has 0 radical (unpaired) electrons. The zero-order valence-corrected chi connectivity index (χ0v) is 14.2. The van der Waals surface area contributed by atoms with E-state index in [4.69, 9.17) is 5.11 Å². The van der Waals surface area contributed by atoms with Gasteiger partial charge in [0.1, 0.15) is 0 Å². The van der Waals surface area contributed by atoms with Crippen molar-refractivity contribution in [3.05, 3.63) is 70.4 Å². The van der Waals surface area contributed by atoms with Crippen molar-refractivity contribution in [3.8, 4) is 0 Å². The van der Waals surface area contributed by atoms with Crippen molar-refractivity contribution in [3.63, 3.8) is 0 Å². The van der Waals surface area contributed by atoms with E-state index in [1.165, 1.54) is 24.3 Å². The van der Waals surface area contributed by atoms with Crippen LogP contribution in [0.1, 0.15) is 20.7 Å². The fraction of sp³-hybridized carbons (Fsp3) is 0. The van der Waals surface area contributed by atoms with E-state index in [1.54, 1.807) is 18.2 Å². The van der Waals surface area contributed by atoms with Crippen molar-refractivity contribution in [1.29, 1.82) is 0 Å². The number of anilines is 4. The lowest BCUT2D eigenvalue weighted by atomic mass is 10.1. The van der Waals surface area contributed by atoms with Gasteiger partial charge in [-0.2, -0.15) is 0 Å². The number of carboxylic acids is 2. The smallest absolute Gasteiger partial charge is 0.335 e. The maximum atomic E-state index is 11.2. The Hall–Kier alpha value is -4.20. The van der Waals surface area contributed by atoms with Crippen LogP contribution < -0.4 is 21.3 Å². The van der Waals surface area contributed by atoms with Crippen molar-refractivity contribution in [2.24, 2.45) is 9.98 Å². The van der Waals surface area contributed by atoms with E-state index in [0.717, 1.165) is 5.69 Å². The number of aromatic carboxylic acids is 2. The summed E-state index contributed by atoms with van der Waals surface area (Å²) in [6.45, 7) is 0. The van der Waals surface area contributed by atoms with Crippen LogP contribution in [0.15, 0.2) is 58.5 Å². The topological polar surface area (TPSA) is 123 Å². The van der Waals surface area contributed by atoms with Crippen LogP contribution in [-0.4, -0.2) is 22.2 Å². The minimum absolute atomic E-state index is 0.161. The van der Waals surface area contributed by atoms with Crippen LogP contribution in [-0.2, 0) is 0 Å². The van der Waals surface area contributed by atoms with Gasteiger partial charge in [-0.25, -0.2) is 19.6 Å². The average molecular weight is 372 g/mol. The Kier molecular flexibility index (Phi) is 3.23. The molecular formula is C20H12N4O4. The van der Waals surface area contributed by atoms with E-state index < -0.39 is 11.9 Å². The van der Waals surface area contributed by atoms with Crippen LogP contribution in [0.3, 0.4) is 0 Å². The molecule has 0 amide bonds. The molecule has 0 aliphatic carbocycles. The van der Waals surface area contributed by atoms with Gasteiger partial charge in [0.2, 0.25) is 0 Å². The van der Waals surface area contributed by atoms with E-state index in [1.807, 2.05) is 6.07 Å². The summed E-state index contributed by atoms with van der Waals surface area (Å²) < 4.78 is 0. The number of nitrogens with zero attached hydrogens (tertiary/aromatic N) is 2. The lowest BCUT2D eigenvalue weighted by Crippen LogP contribution is -2.22. The van der Waals surface area contributed by atoms with Gasteiger partial charge < -0.3 is 20.8 Å². The number of rotatable bonds is 2. The predicted molar refractivity (Wildman–Crippen MR) is 101 cm³/mol. The summed E-state index contributed by atoms with van der Waals surface area (Å²) in [7, 11) is 0. The van der Waals surface area contributed by atoms with E-state index in [9.17, 15) is 14.7 Å². The van der Waals surface area contributed by atoms with Crippen LogP contribution in [0.5, 0.6) is 0 Å². The summed E-state index contributed by atoms with van der Waals surface area (Å²) in [5.41, 5.74) is 4.28. The standard InChI is InChI=1S/C20H12N4O4/c25-19(26)9-1-3-11-13(5-9)23-17-8-18-16(7-15(17)21-11)22-12-4-2-10(20(27)28)6-14(12)24-18/h1-8,21,24H,(H,25,26)(H,27,28). The Labute approximate surface area is 157 Å². The van der Waals surface area contributed by atoms with Crippen molar-refractivity contribution >= 4 is 46.1 Å². The average Bonchev–Trinajstić information content (AvgIpc) is 2.68. The Balaban J connectivity index is 1.64. The number of benzene rings is 3. The van der Waals surface area contributed by atoms with Crippen LogP contribution in [0.2, 0.25) is 0 Å². The van der Waals surface area contributed by atoms with Crippen molar-refractivity contribution in [2.45, 2.75) is 0 Å². The van der Waals surface area contributed by atoms with Gasteiger partial charge in [0, 0.05) is 0 Å². The molecule has 8 nitrogen and oxygen atoms in total. The minimum Gasteiger partial charge on any atom is -0.478 e. The second-order valence-electron chi connectivity index (χ2n) is 6.43. The molecule has 2 heterocycles. The molecule has 0 saturated carbocycles. The van der Waals surface area contributed by atoms with Crippen LogP contribution in [0, 0.1) is 0 Å². The fourth-order valence-corrected chi connectivity index (χ4v) is 3.24. The molecule has 0 aromatic heterocycles. The molecule has 28 heavy (non-hydrogen) atoms. The quantitative estimate of drug-likeness (QED) is 0.378. The van der Waals surface area contributed by atoms with Gasteiger partial charge in [-0.1, -0.05) is 0 Å². The summed E-state index contributed by atoms with van der Waals surface area (Å²) in [4.78, 5) is 31.5. The molecular weight excluding hydrogens is 360 g/mol. The van der Waals surface area contributed by atoms with Gasteiger partial charge in [0.05, 0.1) is 56.0 Å². The zero-order chi connectivity index (χ0) is 19.4. The first-order chi connectivity index (χ1) is 13.5. The largest absolute Gasteiger partial charge is 0.478 e. The maximum Gasteiger partial charge on any atom is 0.335 e. The highest BCUT2D eigenvalue weighted by molar-refractivity contribution is 5.92. The van der Waals surface area contributed by atoms with Crippen molar-refractivity contribution in [2.75, 3.05) is 10.6 Å². The van der Waals surface area contributed by atoms with Crippen molar-refractivity contribution < 1.29 is 19.8 Å². The fourth-order valence-electron chi connectivity index (χ4n) is 3.24. The maximum absolute atomic E-state index is 11.2. The monoisotopic (exact) mass is 372 g/mol. The molecule has 136 valence electrons. The second kappa shape index (κ2) is 5.65. The molecule has 0 saturated heterocycles. The number of nitrogens with one attached hydrogen (secondary N) is 2. The van der Waals surface area contributed by atoms with E-state index in [-0.39, 0.29) is 11.1 Å². The van der Waals surface area contributed by atoms with Gasteiger partial charge in [-0.15, -0.1) is 0 Å². The lowest BCUT2D eigenvalue weighted by molar-refractivity contribution is 0.0686. The highest BCUT2D eigenvalue weighted by Gasteiger charge is 2.17. The summed E-state index contributed by atoms with van der Waals surface area (Å²) in [5, 5.41) is 26.1. The Morgan fingerprint density at radius 3 is 1.89 bits per heavy atom. The molecule has 4 N–H and O–H groups in total. The zero-order valence-electron chi connectivity index (χ0n) is 14.2. The molecule has 3 aromatic rings. The van der Waals surface area contributed by atoms with E-state index in [0.29, 0.717) is 39.2 Å². The molecule has 2 aliphatic rings. The molecule has 0 spiro atoms. The third kappa shape index (κ3) is 2.47. The van der Waals surface area contributed by atoms with Gasteiger partial charge in [-0.05, 0) is 48.5 Å². The Bertz CT molecular complexity index is 1330.